The summed E-state index contributed by atoms with van der Waals surface area (Å²) in [4.78, 5) is 22.0. The van der Waals surface area contributed by atoms with Crippen molar-refractivity contribution in [3.05, 3.63) is 46.3 Å². The van der Waals surface area contributed by atoms with Crippen LogP contribution in [0.25, 0.3) is 10.2 Å². The van der Waals surface area contributed by atoms with Crippen LogP contribution in [0.2, 0.25) is 0 Å². The van der Waals surface area contributed by atoms with Gasteiger partial charge >= 0.3 is 0 Å². The molecular weight excluding hydrogens is 360 g/mol. The molecular formula is C20H24N4O2S. The number of rotatable bonds is 4. The van der Waals surface area contributed by atoms with Gasteiger partial charge in [0.2, 0.25) is 0 Å². The summed E-state index contributed by atoms with van der Waals surface area (Å²) in [6.07, 6.45) is 0. The molecule has 0 spiro atoms. The normalized spacial score (nSPS) is 15.8. The molecule has 0 aliphatic carbocycles. The van der Waals surface area contributed by atoms with Gasteiger partial charge in [-0.1, -0.05) is 31.1 Å². The molecule has 0 saturated carbocycles. The number of nitrogens with zero attached hydrogens (tertiary/aromatic N) is 4. The number of fused-ring (bicyclic) bond motifs is 1. The number of para-hydroxylation sites is 1. The lowest BCUT2D eigenvalue weighted by atomic mass is 10.0. The minimum Gasteiger partial charge on any atom is -0.360 e. The van der Waals surface area contributed by atoms with Gasteiger partial charge in [-0.3, -0.25) is 9.69 Å². The fourth-order valence-electron chi connectivity index (χ4n) is 3.49. The first-order chi connectivity index (χ1) is 13.0. The lowest BCUT2D eigenvalue weighted by Crippen LogP contribution is -2.48. The van der Waals surface area contributed by atoms with Gasteiger partial charge in [0.15, 0.2) is 5.76 Å². The van der Waals surface area contributed by atoms with Crippen molar-refractivity contribution >= 4 is 27.5 Å². The number of thiazole rings is 1. The first kappa shape index (κ1) is 18.1. The van der Waals surface area contributed by atoms with Gasteiger partial charge in [-0.2, -0.15) is 0 Å². The number of benzene rings is 1. The molecule has 3 heterocycles. The molecule has 27 heavy (non-hydrogen) atoms. The predicted octanol–water partition coefficient (Wildman–Crippen LogP) is 3.67. The number of piperazine rings is 1. The molecule has 142 valence electrons. The first-order valence-electron chi connectivity index (χ1n) is 9.35. The zero-order valence-corrected chi connectivity index (χ0v) is 16.8. The third kappa shape index (κ3) is 3.61. The van der Waals surface area contributed by atoms with Gasteiger partial charge in [-0.15, -0.1) is 11.3 Å². The van der Waals surface area contributed by atoms with Crippen LogP contribution in [0.4, 0.5) is 0 Å². The Morgan fingerprint density at radius 3 is 2.67 bits per heavy atom. The highest BCUT2D eigenvalue weighted by atomic mass is 32.1. The Labute approximate surface area is 162 Å². The summed E-state index contributed by atoms with van der Waals surface area (Å²) in [5, 5.41) is 5.14. The van der Waals surface area contributed by atoms with Crippen LogP contribution in [-0.2, 0) is 6.54 Å². The summed E-state index contributed by atoms with van der Waals surface area (Å²) in [5.74, 6) is 0.872. The van der Waals surface area contributed by atoms with E-state index in [4.69, 9.17) is 9.51 Å². The van der Waals surface area contributed by atoms with Crippen LogP contribution in [0.1, 0.15) is 46.6 Å². The molecule has 1 fully saturated rings. The Bertz CT molecular complexity index is 921. The molecule has 2 aromatic heterocycles. The van der Waals surface area contributed by atoms with Crippen LogP contribution in [0.3, 0.4) is 0 Å². The number of carbonyl (C=O) groups is 1. The summed E-state index contributed by atoms with van der Waals surface area (Å²) in [6.45, 7) is 9.85. The smallest absolute Gasteiger partial charge is 0.259 e. The van der Waals surface area contributed by atoms with E-state index in [1.807, 2.05) is 37.8 Å². The number of aromatic nitrogens is 2. The minimum absolute atomic E-state index is 0.0390. The van der Waals surface area contributed by atoms with Crippen molar-refractivity contribution in [3.63, 3.8) is 0 Å². The van der Waals surface area contributed by atoms with Crippen LogP contribution in [0, 0.1) is 6.92 Å². The zero-order chi connectivity index (χ0) is 19.0. The Hall–Kier alpha value is -2.25. The van der Waals surface area contributed by atoms with E-state index in [2.05, 4.69) is 22.2 Å². The van der Waals surface area contributed by atoms with E-state index in [9.17, 15) is 4.79 Å². The zero-order valence-electron chi connectivity index (χ0n) is 15.9. The molecule has 1 saturated heterocycles. The van der Waals surface area contributed by atoms with Crippen molar-refractivity contribution < 1.29 is 9.32 Å². The van der Waals surface area contributed by atoms with Crippen molar-refractivity contribution in [2.75, 3.05) is 26.2 Å². The van der Waals surface area contributed by atoms with E-state index in [0.717, 1.165) is 30.2 Å². The second kappa shape index (κ2) is 7.40. The lowest BCUT2D eigenvalue weighted by Gasteiger charge is -2.34. The number of hydrogen-bond donors (Lipinski definition) is 0. The molecule has 1 aliphatic rings. The van der Waals surface area contributed by atoms with E-state index in [-0.39, 0.29) is 11.8 Å². The highest BCUT2D eigenvalue weighted by Crippen LogP contribution is 2.25. The fourth-order valence-corrected chi connectivity index (χ4v) is 4.50. The molecule has 3 aromatic rings. The maximum absolute atomic E-state index is 13.0. The summed E-state index contributed by atoms with van der Waals surface area (Å²) in [5.41, 5.74) is 2.39. The minimum atomic E-state index is 0.0390. The van der Waals surface area contributed by atoms with Gasteiger partial charge in [0, 0.05) is 32.1 Å². The Balaban J connectivity index is 1.40. The molecule has 6 nitrogen and oxygen atoms in total. The van der Waals surface area contributed by atoms with Gasteiger partial charge in [0.1, 0.15) is 10.6 Å². The van der Waals surface area contributed by atoms with Crippen LogP contribution in [0.15, 0.2) is 28.8 Å². The molecule has 7 heteroatoms. The largest absolute Gasteiger partial charge is 0.360 e. The van der Waals surface area contributed by atoms with E-state index >= 15 is 0 Å². The highest BCUT2D eigenvalue weighted by molar-refractivity contribution is 7.18. The number of carbonyl (C=O) groups excluding carboxylic acids is 1. The van der Waals surface area contributed by atoms with Crippen molar-refractivity contribution in [3.8, 4) is 0 Å². The summed E-state index contributed by atoms with van der Waals surface area (Å²) in [6, 6.07) is 8.24. The molecule has 0 unspecified atom stereocenters. The number of aryl methyl sites for hydroxylation is 1. The molecule has 0 bridgehead atoms. The van der Waals surface area contributed by atoms with Crippen molar-refractivity contribution in [1.29, 1.82) is 0 Å². The molecule has 0 atom stereocenters. The van der Waals surface area contributed by atoms with E-state index in [1.165, 1.54) is 4.70 Å². The Morgan fingerprint density at radius 1 is 1.22 bits per heavy atom. The lowest BCUT2D eigenvalue weighted by molar-refractivity contribution is 0.0625. The second-order valence-electron chi connectivity index (χ2n) is 7.31. The van der Waals surface area contributed by atoms with E-state index in [0.29, 0.717) is 30.1 Å². The van der Waals surface area contributed by atoms with Gasteiger partial charge in [-0.05, 0) is 19.1 Å². The topological polar surface area (TPSA) is 62.5 Å². The third-order valence-electron chi connectivity index (χ3n) is 4.98. The molecule has 0 N–H and O–H groups in total. The second-order valence-corrected chi connectivity index (χ2v) is 8.42. The molecule has 1 aromatic carbocycles. The molecule has 4 rings (SSSR count). The van der Waals surface area contributed by atoms with Crippen LogP contribution >= 0.6 is 11.3 Å². The quantitative estimate of drug-likeness (QED) is 0.687. The fraction of sp³-hybridized carbons (Fsp3) is 0.450. The van der Waals surface area contributed by atoms with Gasteiger partial charge < -0.3 is 9.42 Å². The number of hydrogen-bond acceptors (Lipinski definition) is 6. The summed E-state index contributed by atoms with van der Waals surface area (Å²) < 4.78 is 6.61. The maximum Gasteiger partial charge on any atom is 0.259 e. The van der Waals surface area contributed by atoms with Gasteiger partial charge in [0.25, 0.3) is 5.91 Å². The molecule has 1 amide bonds. The highest BCUT2D eigenvalue weighted by Gasteiger charge is 2.29. The SMILES string of the molecule is Cc1noc(C(C)C)c1C(=O)N1CCN(Cc2nc3ccccc3s2)CC1. The van der Waals surface area contributed by atoms with Crippen molar-refractivity contribution in [2.24, 2.45) is 0 Å². The van der Waals surface area contributed by atoms with Crippen LogP contribution in [-0.4, -0.2) is 52.0 Å². The molecule has 1 aliphatic heterocycles. The van der Waals surface area contributed by atoms with Gasteiger partial charge in [0.05, 0.1) is 22.5 Å². The monoisotopic (exact) mass is 384 g/mol. The Kier molecular flexibility index (Phi) is 4.97. The first-order valence-corrected chi connectivity index (χ1v) is 10.2. The molecule has 0 radical (unpaired) electrons. The maximum atomic E-state index is 13.0. The van der Waals surface area contributed by atoms with Crippen molar-refractivity contribution in [1.82, 2.24) is 19.9 Å². The number of amides is 1. The summed E-state index contributed by atoms with van der Waals surface area (Å²) in [7, 11) is 0. The summed E-state index contributed by atoms with van der Waals surface area (Å²) >= 11 is 1.75. The van der Waals surface area contributed by atoms with E-state index < -0.39 is 0 Å². The van der Waals surface area contributed by atoms with Crippen LogP contribution in [0.5, 0.6) is 0 Å². The van der Waals surface area contributed by atoms with Crippen LogP contribution < -0.4 is 0 Å². The predicted molar refractivity (Wildman–Crippen MR) is 106 cm³/mol. The average molecular weight is 385 g/mol. The Morgan fingerprint density at radius 2 is 1.96 bits per heavy atom. The van der Waals surface area contributed by atoms with E-state index in [1.54, 1.807) is 11.3 Å². The van der Waals surface area contributed by atoms with Crippen molar-refractivity contribution in [2.45, 2.75) is 33.2 Å². The average Bonchev–Trinajstić information content (AvgIpc) is 3.24. The third-order valence-corrected chi connectivity index (χ3v) is 6.01. The van der Waals surface area contributed by atoms with Gasteiger partial charge in [-0.25, -0.2) is 4.98 Å². The standard InChI is InChI=1S/C20H24N4O2S/c1-13(2)19-18(14(3)22-26-19)20(25)24-10-8-23(9-11-24)12-17-21-15-6-4-5-7-16(15)27-17/h4-7,13H,8-12H2,1-3H3.